The number of hydrogen-bond acceptors (Lipinski definition) is 5. The van der Waals surface area contributed by atoms with Crippen LogP contribution in [0.3, 0.4) is 0 Å². The minimum atomic E-state index is -0.255. The molecule has 1 atom stereocenters. The van der Waals surface area contributed by atoms with Crippen molar-refractivity contribution >= 4 is 17.6 Å². The lowest BCUT2D eigenvalue weighted by Crippen LogP contribution is -2.46. The second-order valence-corrected chi connectivity index (χ2v) is 7.57. The molecule has 0 radical (unpaired) electrons. The number of ether oxygens (including phenoxy) is 1. The number of carbonyl (C=O) groups is 1. The summed E-state index contributed by atoms with van der Waals surface area (Å²) in [7, 11) is 1.83. The number of nitrogens with zero attached hydrogens (tertiary/aromatic N) is 3. The topological polar surface area (TPSA) is 82.3 Å². The van der Waals surface area contributed by atoms with Gasteiger partial charge in [0.05, 0.1) is 19.5 Å². The molecule has 30 heavy (non-hydrogen) atoms. The van der Waals surface area contributed by atoms with Crippen molar-refractivity contribution in [1.82, 2.24) is 15.1 Å². The fourth-order valence-corrected chi connectivity index (χ4v) is 3.99. The van der Waals surface area contributed by atoms with Gasteiger partial charge >= 0.3 is 0 Å². The van der Waals surface area contributed by atoms with Crippen molar-refractivity contribution in [2.24, 2.45) is 4.99 Å². The van der Waals surface area contributed by atoms with Crippen LogP contribution in [0.4, 0.5) is 5.69 Å². The molecule has 1 unspecified atom stereocenters. The van der Waals surface area contributed by atoms with Crippen molar-refractivity contribution in [1.29, 1.82) is 0 Å². The monoisotopic (exact) mass is 411 g/mol. The fraction of sp³-hybridized carbons (Fsp3) is 0.455. The van der Waals surface area contributed by atoms with Crippen LogP contribution in [0.15, 0.2) is 52.1 Å². The Morgan fingerprint density at radius 3 is 2.67 bits per heavy atom. The van der Waals surface area contributed by atoms with E-state index in [4.69, 9.17) is 9.15 Å². The first-order valence-electron chi connectivity index (χ1n) is 10.4. The predicted molar refractivity (Wildman–Crippen MR) is 116 cm³/mol. The van der Waals surface area contributed by atoms with Crippen LogP contribution in [0, 0.1) is 0 Å². The van der Waals surface area contributed by atoms with Crippen LogP contribution in [-0.2, 0) is 11.3 Å². The first kappa shape index (κ1) is 20.4. The summed E-state index contributed by atoms with van der Waals surface area (Å²) in [6, 6.07) is 11.7. The maximum absolute atomic E-state index is 12.1. The number of amides is 1. The molecular weight excluding hydrogens is 382 g/mol. The van der Waals surface area contributed by atoms with Gasteiger partial charge in [0.2, 0.25) is 0 Å². The zero-order valence-corrected chi connectivity index (χ0v) is 17.3. The molecule has 2 fully saturated rings. The highest BCUT2D eigenvalue weighted by molar-refractivity contribution is 6.02. The second kappa shape index (κ2) is 9.77. The highest BCUT2D eigenvalue weighted by atomic mass is 16.5. The van der Waals surface area contributed by atoms with Gasteiger partial charge in [-0.2, -0.15) is 0 Å². The zero-order valence-electron chi connectivity index (χ0n) is 17.3. The number of likely N-dealkylation sites (tertiary alicyclic amines) is 1. The summed E-state index contributed by atoms with van der Waals surface area (Å²) < 4.78 is 10.6. The molecule has 2 saturated heterocycles. The van der Waals surface area contributed by atoms with Crippen LogP contribution in [0.25, 0.3) is 0 Å². The maximum Gasteiger partial charge on any atom is 0.291 e. The molecule has 2 aliphatic rings. The number of carbonyl (C=O) groups excluding carboxylic acids is 1. The minimum Gasteiger partial charge on any atom is -0.459 e. The highest BCUT2D eigenvalue weighted by Gasteiger charge is 2.30. The highest BCUT2D eigenvalue weighted by Crippen LogP contribution is 2.17. The molecule has 4 rings (SSSR count). The van der Waals surface area contributed by atoms with E-state index in [-0.39, 0.29) is 5.91 Å². The third-order valence-corrected chi connectivity index (χ3v) is 5.64. The Morgan fingerprint density at radius 1 is 1.17 bits per heavy atom. The van der Waals surface area contributed by atoms with Gasteiger partial charge in [-0.25, -0.2) is 0 Å². The van der Waals surface area contributed by atoms with Gasteiger partial charge in [-0.05, 0) is 36.2 Å². The van der Waals surface area contributed by atoms with E-state index in [0.29, 0.717) is 18.3 Å². The van der Waals surface area contributed by atoms with E-state index < -0.39 is 0 Å². The fourth-order valence-electron chi connectivity index (χ4n) is 3.99. The lowest BCUT2D eigenvalue weighted by molar-refractivity contribution is 0.0195. The molecule has 2 aliphatic heterocycles. The van der Waals surface area contributed by atoms with Crippen molar-refractivity contribution in [3.8, 4) is 0 Å². The largest absolute Gasteiger partial charge is 0.459 e. The molecular formula is C22H29N5O3. The van der Waals surface area contributed by atoms with Gasteiger partial charge in [0.25, 0.3) is 5.91 Å². The molecule has 0 aliphatic carbocycles. The number of morpholine rings is 1. The van der Waals surface area contributed by atoms with E-state index >= 15 is 0 Å². The van der Waals surface area contributed by atoms with Crippen LogP contribution in [0.2, 0.25) is 0 Å². The predicted octanol–water partition coefficient (Wildman–Crippen LogP) is 2.01. The molecule has 160 valence electrons. The second-order valence-electron chi connectivity index (χ2n) is 7.57. The Hall–Kier alpha value is -2.84. The zero-order chi connectivity index (χ0) is 20.8. The van der Waals surface area contributed by atoms with Gasteiger partial charge in [-0.1, -0.05) is 12.1 Å². The Morgan fingerprint density at radius 2 is 1.97 bits per heavy atom. The van der Waals surface area contributed by atoms with Crippen molar-refractivity contribution in [2.45, 2.75) is 19.0 Å². The third kappa shape index (κ3) is 5.01. The van der Waals surface area contributed by atoms with E-state index in [1.165, 1.54) is 6.26 Å². The Balaban J connectivity index is 1.26. The average Bonchev–Trinajstić information content (AvgIpc) is 3.49. The van der Waals surface area contributed by atoms with E-state index in [2.05, 4.69) is 25.4 Å². The van der Waals surface area contributed by atoms with E-state index in [1.807, 2.05) is 31.3 Å². The number of benzene rings is 1. The van der Waals surface area contributed by atoms with E-state index in [9.17, 15) is 4.79 Å². The van der Waals surface area contributed by atoms with Gasteiger partial charge in [-0.3, -0.25) is 14.7 Å². The lowest BCUT2D eigenvalue weighted by Gasteiger charge is -2.32. The van der Waals surface area contributed by atoms with E-state index in [0.717, 1.165) is 63.0 Å². The lowest BCUT2D eigenvalue weighted by atomic mass is 10.2. The molecule has 1 aromatic heterocycles. The van der Waals surface area contributed by atoms with Gasteiger partial charge in [0.15, 0.2) is 11.7 Å². The number of guanidine groups is 1. The van der Waals surface area contributed by atoms with Crippen molar-refractivity contribution in [2.75, 3.05) is 51.8 Å². The number of hydrogen-bond donors (Lipinski definition) is 2. The normalized spacial score (nSPS) is 20.4. The summed E-state index contributed by atoms with van der Waals surface area (Å²) in [4.78, 5) is 21.4. The van der Waals surface area contributed by atoms with Crippen molar-refractivity contribution in [3.63, 3.8) is 0 Å². The van der Waals surface area contributed by atoms with E-state index in [1.54, 1.807) is 12.1 Å². The number of furan rings is 1. The Bertz CT molecular complexity index is 844. The number of rotatable bonds is 5. The molecule has 8 nitrogen and oxygen atoms in total. The standard InChI is InChI=1S/C22H29N5O3/c1-23-22(27-9-8-19(16-27)26-10-13-29-14-11-26)24-15-17-4-6-18(7-5-17)25-21(28)20-3-2-12-30-20/h2-7,12,19H,8-11,13-16H2,1H3,(H,23,24)(H,25,28). The summed E-state index contributed by atoms with van der Waals surface area (Å²) in [6.07, 6.45) is 2.64. The van der Waals surface area contributed by atoms with Crippen LogP contribution in [0.1, 0.15) is 22.5 Å². The molecule has 0 saturated carbocycles. The molecule has 0 spiro atoms. The smallest absolute Gasteiger partial charge is 0.291 e. The summed E-state index contributed by atoms with van der Waals surface area (Å²) in [5.74, 6) is 0.974. The van der Waals surface area contributed by atoms with Crippen LogP contribution in [-0.4, -0.2) is 74.1 Å². The first-order valence-corrected chi connectivity index (χ1v) is 10.4. The maximum atomic E-state index is 12.1. The Kier molecular flexibility index (Phi) is 6.66. The summed E-state index contributed by atoms with van der Waals surface area (Å²) in [5, 5.41) is 6.29. The molecule has 1 amide bonds. The Labute approximate surface area is 176 Å². The van der Waals surface area contributed by atoms with Gasteiger partial charge < -0.3 is 24.7 Å². The SMILES string of the molecule is CN=C(NCc1ccc(NC(=O)c2ccco2)cc1)N1CCC(N2CCOCC2)C1. The third-order valence-electron chi connectivity index (χ3n) is 5.64. The summed E-state index contributed by atoms with van der Waals surface area (Å²) in [5.41, 5.74) is 1.86. The van der Waals surface area contributed by atoms with Crippen LogP contribution in [0.5, 0.6) is 0 Å². The molecule has 8 heteroatoms. The minimum absolute atomic E-state index is 0.255. The summed E-state index contributed by atoms with van der Waals surface area (Å²) >= 11 is 0. The first-order chi connectivity index (χ1) is 14.7. The van der Waals surface area contributed by atoms with Crippen molar-refractivity contribution < 1.29 is 13.9 Å². The number of anilines is 1. The number of aliphatic imine (C=N–C) groups is 1. The van der Waals surface area contributed by atoms with Gasteiger partial charge in [0.1, 0.15) is 0 Å². The van der Waals surface area contributed by atoms with Crippen LogP contribution < -0.4 is 10.6 Å². The average molecular weight is 412 g/mol. The van der Waals surface area contributed by atoms with Crippen molar-refractivity contribution in [3.05, 3.63) is 54.0 Å². The van der Waals surface area contributed by atoms with Crippen LogP contribution >= 0.6 is 0 Å². The molecule has 2 aromatic rings. The molecule has 1 aromatic carbocycles. The molecule has 2 N–H and O–H groups in total. The van der Waals surface area contributed by atoms with Gasteiger partial charge in [-0.15, -0.1) is 0 Å². The molecule has 0 bridgehead atoms. The molecule has 3 heterocycles. The number of nitrogens with one attached hydrogen (secondary N) is 2. The summed E-state index contributed by atoms with van der Waals surface area (Å²) in [6.45, 7) is 6.40. The van der Waals surface area contributed by atoms with Gasteiger partial charge in [0, 0.05) is 51.5 Å². The quantitative estimate of drug-likeness (QED) is 0.579.